The van der Waals surface area contributed by atoms with Crippen molar-refractivity contribution in [3.8, 4) is 0 Å². The summed E-state index contributed by atoms with van der Waals surface area (Å²) in [6.45, 7) is 1.75. The summed E-state index contributed by atoms with van der Waals surface area (Å²) in [5.74, 6) is -1.57. The Labute approximate surface area is 108 Å². The second-order valence-corrected chi connectivity index (χ2v) is 3.93. The van der Waals surface area contributed by atoms with E-state index in [1.54, 1.807) is 18.7 Å². The summed E-state index contributed by atoms with van der Waals surface area (Å²) >= 11 is 0. The zero-order valence-electron chi connectivity index (χ0n) is 10.4. The van der Waals surface area contributed by atoms with Gasteiger partial charge in [-0.1, -0.05) is 0 Å². The summed E-state index contributed by atoms with van der Waals surface area (Å²) in [5, 5.41) is 15.4. The molecule has 0 radical (unpaired) electrons. The fraction of sp³-hybridized carbons (Fsp3) is 0.167. The molecule has 2 heterocycles. The Hall–Kier alpha value is -2.70. The van der Waals surface area contributed by atoms with Gasteiger partial charge in [-0.2, -0.15) is 5.10 Å². The number of pyridine rings is 1. The number of carboxylic acid groups (broad SMARTS) is 1. The molecule has 0 saturated carbocycles. The van der Waals surface area contributed by atoms with Gasteiger partial charge in [-0.05, 0) is 19.1 Å². The summed E-state index contributed by atoms with van der Waals surface area (Å²) in [6.07, 6.45) is 2.84. The number of aromatic nitrogens is 3. The van der Waals surface area contributed by atoms with E-state index in [1.807, 2.05) is 0 Å². The fourth-order valence-electron chi connectivity index (χ4n) is 1.57. The van der Waals surface area contributed by atoms with Crippen molar-refractivity contribution in [1.82, 2.24) is 14.8 Å². The molecule has 0 aliphatic carbocycles. The van der Waals surface area contributed by atoms with E-state index in [1.165, 1.54) is 24.5 Å². The second kappa shape index (κ2) is 4.89. The number of anilines is 1. The number of amides is 1. The third kappa shape index (κ3) is 2.44. The molecule has 0 aliphatic heterocycles. The van der Waals surface area contributed by atoms with Gasteiger partial charge in [-0.25, -0.2) is 9.78 Å². The molecule has 0 aliphatic rings. The third-order valence-electron chi connectivity index (χ3n) is 2.75. The molecular weight excluding hydrogens is 248 g/mol. The molecule has 7 heteroatoms. The molecule has 2 rings (SSSR count). The first-order chi connectivity index (χ1) is 9.00. The zero-order valence-corrected chi connectivity index (χ0v) is 10.4. The maximum Gasteiger partial charge on any atom is 0.339 e. The maximum absolute atomic E-state index is 12.0. The lowest BCUT2D eigenvalue weighted by Crippen LogP contribution is -2.16. The average Bonchev–Trinajstić information content (AvgIpc) is 2.70. The molecule has 98 valence electrons. The van der Waals surface area contributed by atoms with E-state index in [-0.39, 0.29) is 11.4 Å². The molecule has 19 heavy (non-hydrogen) atoms. The normalized spacial score (nSPS) is 10.2. The Bertz CT molecular complexity index is 648. The number of carbonyl (C=O) groups is 2. The van der Waals surface area contributed by atoms with Crippen molar-refractivity contribution >= 4 is 17.7 Å². The Morgan fingerprint density at radius 3 is 2.68 bits per heavy atom. The van der Waals surface area contributed by atoms with Crippen LogP contribution in [-0.2, 0) is 7.05 Å². The van der Waals surface area contributed by atoms with Crippen LogP contribution in [0.1, 0.15) is 26.4 Å². The molecule has 2 N–H and O–H groups in total. The molecule has 1 amide bonds. The van der Waals surface area contributed by atoms with Gasteiger partial charge in [0.2, 0.25) is 0 Å². The van der Waals surface area contributed by atoms with Gasteiger partial charge in [0.25, 0.3) is 5.91 Å². The van der Waals surface area contributed by atoms with Gasteiger partial charge in [0, 0.05) is 18.9 Å². The highest BCUT2D eigenvalue weighted by molar-refractivity contribution is 6.07. The van der Waals surface area contributed by atoms with Gasteiger partial charge >= 0.3 is 5.97 Å². The van der Waals surface area contributed by atoms with Crippen LogP contribution in [0.15, 0.2) is 24.5 Å². The van der Waals surface area contributed by atoms with E-state index in [9.17, 15) is 9.59 Å². The van der Waals surface area contributed by atoms with E-state index < -0.39 is 11.9 Å². The van der Waals surface area contributed by atoms with Gasteiger partial charge < -0.3 is 10.4 Å². The standard InChI is InChI=1S/C12H12N4O3/c1-7-9(6-14-16(7)2)11(17)15-10-8(12(18)19)4-3-5-13-10/h3-6H,1-2H3,(H,18,19)(H,13,15,17). The molecule has 0 aromatic carbocycles. The topological polar surface area (TPSA) is 97.1 Å². The van der Waals surface area contributed by atoms with Crippen LogP contribution in [0.2, 0.25) is 0 Å². The van der Waals surface area contributed by atoms with E-state index in [2.05, 4.69) is 15.4 Å². The minimum absolute atomic E-state index is 0.0169. The van der Waals surface area contributed by atoms with Crippen LogP contribution in [-0.4, -0.2) is 31.7 Å². The lowest BCUT2D eigenvalue weighted by Gasteiger charge is -2.06. The average molecular weight is 260 g/mol. The number of nitrogens with one attached hydrogen (secondary N) is 1. The van der Waals surface area contributed by atoms with Crippen molar-refractivity contribution in [2.75, 3.05) is 5.32 Å². The van der Waals surface area contributed by atoms with E-state index in [0.717, 1.165) is 0 Å². The number of carbonyl (C=O) groups excluding carboxylic acids is 1. The smallest absolute Gasteiger partial charge is 0.339 e. The third-order valence-corrected chi connectivity index (χ3v) is 2.75. The molecule has 2 aromatic rings. The fourth-order valence-corrected chi connectivity index (χ4v) is 1.57. The number of aryl methyl sites for hydroxylation is 1. The van der Waals surface area contributed by atoms with Gasteiger partial charge in [0.1, 0.15) is 11.4 Å². The summed E-state index contributed by atoms with van der Waals surface area (Å²) < 4.78 is 1.56. The number of aromatic carboxylic acids is 1. The van der Waals surface area contributed by atoms with E-state index >= 15 is 0 Å². The monoisotopic (exact) mass is 260 g/mol. The highest BCUT2D eigenvalue weighted by atomic mass is 16.4. The molecule has 2 aromatic heterocycles. The highest BCUT2D eigenvalue weighted by Gasteiger charge is 2.17. The van der Waals surface area contributed by atoms with Crippen molar-refractivity contribution in [1.29, 1.82) is 0 Å². The van der Waals surface area contributed by atoms with Crippen LogP contribution in [0.5, 0.6) is 0 Å². The minimum Gasteiger partial charge on any atom is -0.478 e. The number of rotatable bonds is 3. The Kier molecular flexibility index (Phi) is 3.28. The predicted molar refractivity (Wildman–Crippen MR) is 67.1 cm³/mol. The highest BCUT2D eigenvalue weighted by Crippen LogP contribution is 2.14. The Balaban J connectivity index is 2.29. The molecule has 0 atom stereocenters. The van der Waals surface area contributed by atoms with Gasteiger partial charge in [0.15, 0.2) is 0 Å². The summed E-state index contributed by atoms with van der Waals surface area (Å²) in [7, 11) is 1.72. The molecule has 0 unspecified atom stereocenters. The Morgan fingerprint density at radius 1 is 1.37 bits per heavy atom. The quantitative estimate of drug-likeness (QED) is 0.860. The maximum atomic E-state index is 12.0. The Morgan fingerprint density at radius 2 is 2.11 bits per heavy atom. The first-order valence-corrected chi connectivity index (χ1v) is 5.49. The van der Waals surface area contributed by atoms with Gasteiger partial charge in [0.05, 0.1) is 11.8 Å². The van der Waals surface area contributed by atoms with Crippen LogP contribution in [0.4, 0.5) is 5.82 Å². The van der Waals surface area contributed by atoms with E-state index in [4.69, 9.17) is 5.11 Å². The van der Waals surface area contributed by atoms with Gasteiger partial charge in [-0.3, -0.25) is 9.48 Å². The molecular formula is C12H12N4O3. The van der Waals surface area contributed by atoms with Crippen molar-refractivity contribution in [2.24, 2.45) is 7.05 Å². The first-order valence-electron chi connectivity index (χ1n) is 5.49. The zero-order chi connectivity index (χ0) is 14.0. The lowest BCUT2D eigenvalue weighted by atomic mass is 10.2. The van der Waals surface area contributed by atoms with Crippen molar-refractivity contribution in [3.05, 3.63) is 41.3 Å². The molecule has 0 saturated heterocycles. The summed E-state index contributed by atoms with van der Waals surface area (Å²) in [5.41, 5.74) is 1.01. The number of carboxylic acids is 1. The SMILES string of the molecule is Cc1c(C(=O)Nc2ncccc2C(=O)O)cnn1C. The van der Waals surface area contributed by atoms with Crippen molar-refractivity contribution < 1.29 is 14.7 Å². The number of nitrogens with zero attached hydrogens (tertiary/aromatic N) is 3. The van der Waals surface area contributed by atoms with Gasteiger partial charge in [-0.15, -0.1) is 0 Å². The van der Waals surface area contributed by atoms with Crippen LogP contribution >= 0.6 is 0 Å². The van der Waals surface area contributed by atoms with Crippen molar-refractivity contribution in [3.63, 3.8) is 0 Å². The molecule has 0 fully saturated rings. The largest absolute Gasteiger partial charge is 0.478 e. The van der Waals surface area contributed by atoms with E-state index in [0.29, 0.717) is 11.3 Å². The molecule has 7 nitrogen and oxygen atoms in total. The summed E-state index contributed by atoms with van der Waals surface area (Å²) in [4.78, 5) is 26.9. The first kappa shape index (κ1) is 12.7. The number of hydrogen-bond donors (Lipinski definition) is 2. The van der Waals surface area contributed by atoms with Crippen LogP contribution in [0.25, 0.3) is 0 Å². The minimum atomic E-state index is -1.15. The van der Waals surface area contributed by atoms with Crippen molar-refractivity contribution in [2.45, 2.75) is 6.92 Å². The predicted octanol–water partition coefficient (Wildman–Crippen LogP) is 1.07. The lowest BCUT2D eigenvalue weighted by molar-refractivity contribution is 0.0697. The summed E-state index contributed by atoms with van der Waals surface area (Å²) in [6, 6.07) is 2.87. The molecule has 0 spiro atoms. The van der Waals surface area contributed by atoms with Crippen LogP contribution in [0.3, 0.4) is 0 Å². The number of hydrogen-bond acceptors (Lipinski definition) is 4. The van der Waals surface area contributed by atoms with Crippen LogP contribution < -0.4 is 5.32 Å². The van der Waals surface area contributed by atoms with Crippen LogP contribution in [0, 0.1) is 6.92 Å². The second-order valence-electron chi connectivity index (χ2n) is 3.93. The molecule has 0 bridgehead atoms.